The monoisotopic (exact) mass is 254 g/mol. The van der Waals surface area contributed by atoms with Gasteiger partial charge in [0.2, 0.25) is 0 Å². The summed E-state index contributed by atoms with van der Waals surface area (Å²) in [4.78, 5) is 4.77. The highest BCUT2D eigenvalue weighted by molar-refractivity contribution is 7.09. The summed E-state index contributed by atoms with van der Waals surface area (Å²) in [6, 6.07) is 0.954. The molecule has 0 bridgehead atoms. The molecular formula is C14H26N2S. The number of thiazole rings is 1. The Morgan fingerprint density at radius 2 is 2.00 bits per heavy atom. The number of unbranched alkanes of at least 4 members (excludes halogenated alkanes) is 1. The minimum Gasteiger partial charge on any atom is -0.306 e. The second-order valence-corrected chi connectivity index (χ2v) is 6.17. The van der Waals surface area contributed by atoms with Gasteiger partial charge in [-0.25, -0.2) is 4.98 Å². The highest BCUT2D eigenvalue weighted by Crippen LogP contribution is 2.26. The van der Waals surface area contributed by atoms with E-state index in [0.29, 0.717) is 18.0 Å². The Balaban J connectivity index is 2.72. The van der Waals surface area contributed by atoms with E-state index < -0.39 is 0 Å². The van der Waals surface area contributed by atoms with Gasteiger partial charge < -0.3 is 5.32 Å². The largest absolute Gasteiger partial charge is 0.306 e. The minimum atomic E-state index is 0.437. The molecule has 2 nitrogen and oxygen atoms in total. The molecule has 0 amide bonds. The van der Waals surface area contributed by atoms with Crippen molar-refractivity contribution < 1.29 is 0 Å². The van der Waals surface area contributed by atoms with Crippen molar-refractivity contribution in [3.05, 3.63) is 16.1 Å². The third-order valence-electron chi connectivity index (χ3n) is 2.81. The Morgan fingerprint density at radius 3 is 2.47 bits per heavy atom. The van der Waals surface area contributed by atoms with Gasteiger partial charge in [0.05, 0.1) is 11.7 Å². The van der Waals surface area contributed by atoms with Crippen LogP contribution in [-0.2, 0) is 0 Å². The fraction of sp³-hybridized carbons (Fsp3) is 0.786. The molecule has 0 fully saturated rings. The van der Waals surface area contributed by atoms with Crippen LogP contribution in [0.5, 0.6) is 0 Å². The van der Waals surface area contributed by atoms with E-state index in [-0.39, 0.29) is 0 Å². The van der Waals surface area contributed by atoms with Crippen molar-refractivity contribution in [1.82, 2.24) is 10.3 Å². The quantitative estimate of drug-likeness (QED) is 0.775. The summed E-state index contributed by atoms with van der Waals surface area (Å²) in [6.07, 6.45) is 3.71. The van der Waals surface area contributed by atoms with E-state index in [9.17, 15) is 0 Å². The Hall–Kier alpha value is -0.410. The average Bonchev–Trinajstić information content (AvgIpc) is 2.72. The predicted octanol–water partition coefficient (Wildman–Crippen LogP) is 4.50. The van der Waals surface area contributed by atoms with E-state index in [4.69, 9.17) is 4.98 Å². The number of nitrogens with zero attached hydrogens (tertiary/aromatic N) is 1. The predicted molar refractivity (Wildman–Crippen MR) is 76.7 cm³/mol. The Kier molecular flexibility index (Phi) is 6.14. The van der Waals surface area contributed by atoms with Crippen LogP contribution in [-0.4, -0.2) is 11.0 Å². The van der Waals surface area contributed by atoms with E-state index in [1.807, 2.05) is 0 Å². The lowest BCUT2D eigenvalue weighted by Crippen LogP contribution is -2.28. The molecule has 17 heavy (non-hydrogen) atoms. The number of aromatic nitrogens is 1. The Morgan fingerprint density at radius 1 is 1.29 bits per heavy atom. The molecule has 1 rings (SSSR count). The van der Waals surface area contributed by atoms with Crippen LogP contribution in [0.3, 0.4) is 0 Å². The zero-order chi connectivity index (χ0) is 12.8. The number of rotatable bonds is 7. The molecule has 0 radical (unpaired) electrons. The van der Waals surface area contributed by atoms with Crippen LogP contribution in [0.25, 0.3) is 0 Å². The fourth-order valence-corrected chi connectivity index (χ4v) is 2.89. The van der Waals surface area contributed by atoms with Crippen molar-refractivity contribution in [3.8, 4) is 0 Å². The van der Waals surface area contributed by atoms with Gasteiger partial charge >= 0.3 is 0 Å². The van der Waals surface area contributed by atoms with E-state index in [1.54, 1.807) is 11.3 Å². The van der Waals surface area contributed by atoms with Gasteiger partial charge in [0.1, 0.15) is 5.01 Å². The van der Waals surface area contributed by atoms with E-state index in [2.05, 4.69) is 45.3 Å². The third-order valence-corrected chi connectivity index (χ3v) is 3.79. The van der Waals surface area contributed by atoms with Crippen LogP contribution in [0.4, 0.5) is 0 Å². The second kappa shape index (κ2) is 7.12. The molecule has 1 atom stereocenters. The summed E-state index contributed by atoms with van der Waals surface area (Å²) in [5.41, 5.74) is 1.23. The van der Waals surface area contributed by atoms with Gasteiger partial charge in [-0.1, -0.05) is 47.5 Å². The lowest BCUT2D eigenvalue weighted by molar-refractivity contribution is 0.437. The molecule has 3 heteroatoms. The maximum atomic E-state index is 4.77. The molecular weight excluding hydrogens is 228 g/mol. The van der Waals surface area contributed by atoms with Crippen LogP contribution in [0.2, 0.25) is 0 Å². The van der Waals surface area contributed by atoms with Crippen LogP contribution < -0.4 is 5.32 Å². The maximum Gasteiger partial charge on any atom is 0.110 e. The van der Waals surface area contributed by atoms with Crippen LogP contribution in [0.1, 0.15) is 76.5 Å². The molecule has 0 aliphatic carbocycles. The number of hydrogen-bond donors (Lipinski definition) is 1. The summed E-state index contributed by atoms with van der Waals surface area (Å²) in [7, 11) is 0. The van der Waals surface area contributed by atoms with Gasteiger partial charge in [-0.2, -0.15) is 0 Å². The summed E-state index contributed by atoms with van der Waals surface area (Å²) < 4.78 is 0. The van der Waals surface area contributed by atoms with E-state index in [0.717, 1.165) is 0 Å². The van der Waals surface area contributed by atoms with Crippen molar-refractivity contribution in [3.63, 3.8) is 0 Å². The first-order chi connectivity index (χ1) is 8.04. The van der Waals surface area contributed by atoms with E-state index in [1.165, 1.54) is 30.0 Å². The lowest BCUT2D eigenvalue weighted by Gasteiger charge is -2.19. The second-order valence-electron chi connectivity index (χ2n) is 5.28. The number of nitrogens with one attached hydrogen (secondary N) is 1. The van der Waals surface area contributed by atoms with Gasteiger partial charge in [-0.05, 0) is 12.3 Å². The summed E-state index contributed by atoms with van der Waals surface area (Å²) >= 11 is 1.80. The highest BCUT2D eigenvalue weighted by Gasteiger charge is 2.16. The van der Waals surface area contributed by atoms with Gasteiger partial charge in [-0.15, -0.1) is 11.3 Å². The zero-order valence-electron chi connectivity index (χ0n) is 11.8. The number of hydrogen-bond acceptors (Lipinski definition) is 3. The van der Waals surface area contributed by atoms with Crippen molar-refractivity contribution in [2.75, 3.05) is 0 Å². The standard InChI is InChI=1S/C14H26N2S/c1-6-7-8-12(15-11(4)5)14-16-13(9-17-14)10(2)3/h9-12,15H,6-8H2,1-5H3. The van der Waals surface area contributed by atoms with Crippen molar-refractivity contribution in [1.29, 1.82) is 0 Å². The molecule has 0 saturated carbocycles. The van der Waals surface area contributed by atoms with Crippen molar-refractivity contribution in [2.45, 2.75) is 71.9 Å². The van der Waals surface area contributed by atoms with Gasteiger partial charge in [0, 0.05) is 11.4 Å². The molecule has 0 aliphatic heterocycles. The average molecular weight is 254 g/mol. The molecule has 1 unspecified atom stereocenters. The lowest BCUT2D eigenvalue weighted by atomic mass is 10.1. The fourth-order valence-electron chi connectivity index (χ4n) is 1.81. The van der Waals surface area contributed by atoms with Gasteiger partial charge in [0.25, 0.3) is 0 Å². The molecule has 1 N–H and O–H groups in total. The maximum absolute atomic E-state index is 4.77. The Labute approximate surface area is 110 Å². The van der Waals surface area contributed by atoms with E-state index >= 15 is 0 Å². The highest BCUT2D eigenvalue weighted by atomic mass is 32.1. The minimum absolute atomic E-state index is 0.437. The molecule has 1 heterocycles. The smallest absolute Gasteiger partial charge is 0.110 e. The van der Waals surface area contributed by atoms with Crippen molar-refractivity contribution >= 4 is 11.3 Å². The van der Waals surface area contributed by atoms with Crippen LogP contribution in [0, 0.1) is 0 Å². The van der Waals surface area contributed by atoms with Gasteiger partial charge in [0.15, 0.2) is 0 Å². The summed E-state index contributed by atoms with van der Waals surface area (Å²) in [6.45, 7) is 11.1. The van der Waals surface area contributed by atoms with Crippen molar-refractivity contribution in [2.24, 2.45) is 0 Å². The summed E-state index contributed by atoms with van der Waals surface area (Å²) in [5, 5.41) is 7.10. The Bertz CT molecular complexity index is 318. The first-order valence-corrected chi connectivity index (χ1v) is 7.63. The molecule has 0 aliphatic rings. The first-order valence-electron chi connectivity index (χ1n) is 6.76. The molecule has 1 aromatic heterocycles. The first kappa shape index (κ1) is 14.7. The van der Waals surface area contributed by atoms with Crippen LogP contribution in [0.15, 0.2) is 5.38 Å². The third kappa shape index (κ3) is 4.76. The topological polar surface area (TPSA) is 24.9 Å². The molecule has 1 aromatic rings. The molecule has 98 valence electrons. The SMILES string of the molecule is CCCCC(NC(C)C)c1nc(C(C)C)cs1. The zero-order valence-corrected chi connectivity index (χ0v) is 12.6. The normalized spacial score (nSPS) is 13.6. The van der Waals surface area contributed by atoms with Crippen LogP contribution >= 0.6 is 11.3 Å². The summed E-state index contributed by atoms with van der Waals surface area (Å²) in [5.74, 6) is 0.533. The molecule has 0 saturated heterocycles. The van der Waals surface area contributed by atoms with Gasteiger partial charge in [-0.3, -0.25) is 0 Å². The molecule has 0 aromatic carbocycles. The molecule has 0 spiro atoms.